The van der Waals surface area contributed by atoms with Crippen LogP contribution in [0.5, 0.6) is 5.75 Å². The Labute approximate surface area is 143 Å². The molecule has 1 aromatic carbocycles. The van der Waals surface area contributed by atoms with E-state index < -0.39 is 5.91 Å². The molecule has 2 aromatic rings. The lowest BCUT2D eigenvalue weighted by atomic mass is 10.2. The molecule has 0 aliphatic heterocycles. The molecule has 0 saturated carbocycles. The van der Waals surface area contributed by atoms with E-state index in [-0.39, 0.29) is 23.8 Å². The van der Waals surface area contributed by atoms with Gasteiger partial charge in [0, 0.05) is 14.8 Å². The summed E-state index contributed by atoms with van der Waals surface area (Å²) >= 11 is 7.53. The molecule has 0 aliphatic carbocycles. The van der Waals surface area contributed by atoms with Gasteiger partial charge >= 0.3 is 0 Å². The molecule has 2 amide bonds. The molecular formula is C16H17ClN2O3S. The van der Waals surface area contributed by atoms with Crippen LogP contribution in [0.3, 0.4) is 0 Å². The van der Waals surface area contributed by atoms with Crippen LogP contribution in [0.1, 0.15) is 27.0 Å². The second kappa shape index (κ2) is 7.99. The fourth-order valence-corrected chi connectivity index (χ4v) is 2.97. The Morgan fingerprint density at radius 3 is 2.65 bits per heavy atom. The summed E-state index contributed by atoms with van der Waals surface area (Å²) in [5.41, 5.74) is 5.45. The number of halogens is 1. The highest BCUT2D eigenvalue weighted by atomic mass is 35.5. The number of aryl methyl sites for hydroxylation is 1. The van der Waals surface area contributed by atoms with Crippen LogP contribution in [0.2, 0.25) is 5.02 Å². The SMILES string of the molecule is CCc1ccc(CNC(=O)COc2cc(Cl)ccc2C(N)=O)s1. The zero-order chi connectivity index (χ0) is 16.8. The Kier molecular flexibility index (Phi) is 6.01. The summed E-state index contributed by atoms with van der Waals surface area (Å²) in [7, 11) is 0. The van der Waals surface area contributed by atoms with E-state index in [0.29, 0.717) is 11.6 Å². The van der Waals surface area contributed by atoms with E-state index in [2.05, 4.69) is 12.2 Å². The van der Waals surface area contributed by atoms with Crippen LogP contribution in [-0.2, 0) is 17.8 Å². The molecule has 122 valence electrons. The quantitative estimate of drug-likeness (QED) is 0.803. The van der Waals surface area contributed by atoms with E-state index in [0.717, 1.165) is 11.3 Å². The zero-order valence-corrected chi connectivity index (χ0v) is 14.2. The lowest BCUT2D eigenvalue weighted by Crippen LogP contribution is -2.28. The number of thiophene rings is 1. The molecule has 0 aliphatic rings. The van der Waals surface area contributed by atoms with Crippen LogP contribution in [0.15, 0.2) is 30.3 Å². The molecule has 0 fully saturated rings. The maximum atomic E-state index is 11.9. The maximum Gasteiger partial charge on any atom is 0.258 e. The molecule has 1 heterocycles. The minimum absolute atomic E-state index is 0.188. The van der Waals surface area contributed by atoms with Gasteiger partial charge < -0.3 is 15.8 Å². The third-order valence-corrected chi connectivity index (χ3v) is 4.56. The third-order valence-electron chi connectivity index (χ3n) is 3.09. The van der Waals surface area contributed by atoms with Crippen molar-refractivity contribution in [3.8, 4) is 5.75 Å². The number of hydrogen-bond acceptors (Lipinski definition) is 4. The summed E-state index contributed by atoms with van der Waals surface area (Å²) < 4.78 is 5.36. The largest absolute Gasteiger partial charge is 0.483 e. The normalized spacial score (nSPS) is 10.3. The number of primary amides is 1. The number of hydrogen-bond donors (Lipinski definition) is 2. The summed E-state index contributed by atoms with van der Waals surface area (Å²) in [6.07, 6.45) is 0.979. The minimum atomic E-state index is -0.636. The Balaban J connectivity index is 1.89. The Morgan fingerprint density at radius 2 is 2.00 bits per heavy atom. The summed E-state index contributed by atoms with van der Waals surface area (Å²) in [4.78, 5) is 25.5. The minimum Gasteiger partial charge on any atom is -0.483 e. The first-order valence-corrected chi connectivity index (χ1v) is 8.25. The average molecular weight is 353 g/mol. The molecule has 0 unspecified atom stereocenters. The fourth-order valence-electron chi connectivity index (χ4n) is 1.91. The molecule has 2 rings (SSSR count). The average Bonchev–Trinajstić information content (AvgIpc) is 2.98. The zero-order valence-electron chi connectivity index (χ0n) is 12.6. The van der Waals surface area contributed by atoms with Gasteiger partial charge in [-0.2, -0.15) is 0 Å². The standard InChI is InChI=1S/C16H17ClN2O3S/c1-2-11-4-5-12(23-11)8-19-15(20)9-22-14-7-10(17)3-6-13(14)16(18)21/h3-7H,2,8-9H2,1H3,(H2,18,21)(H,19,20). The highest BCUT2D eigenvalue weighted by Gasteiger charge is 2.12. The summed E-state index contributed by atoms with van der Waals surface area (Å²) in [6, 6.07) is 8.51. The molecule has 0 bridgehead atoms. The predicted molar refractivity (Wildman–Crippen MR) is 91.0 cm³/mol. The highest BCUT2D eigenvalue weighted by molar-refractivity contribution is 7.11. The van der Waals surface area contributed by atoms with Gasteiger partial charge in [-0.25, -0.2) is 0 Å². The molecule has 0 spiro atoms. The summed E-state index contributed by atoms with van der Waals surface area (Å²) in [5, 5.41) is 3.17. The van der Waals surface area contributed by atoms with Crippen molar-refractivity contribution in [3.05, 3.63) is 50.7 Å². The van der Waals surface area contributed by atoms with Crippen molar-refractivity contribution in [3.63, 3.8) is 0 Å². The molecule has 3 N–H and O–H groups in total. The van der Waals surface area contributed by atoms with Crippen LogP contribution >= 0.6 is 22.9 Å². The van der Waals surface area contributed by atoms with Gasteiger partial charge in [-0.05, 0) is 36.8 Å². The van der Waals surface area contributed by atoms with E-state index in [1.165, 1.54) is 23.1 Å². The monoisotopic (exact) mass is 352 g/mol. The first-order valence-electron chi connectivity index (χ1n) is 7.06. The van der Waals surface area contributed by atoms with Crippen molar-refractivity contribution in [2.24, 2.45) is 5.73 Å². The van der Waals surface area contributed by atoms with Gasteiger partial charge in [0.2, 0.25) is 0 Å². The van der Waals surface area contributed by atoms with E-state index >= 15 is 0 Å². The third kappa shape index (κ3) is 4.97. The second-order valence-electron chi connectivity index (χ2n) is 4.79. The topological polar surface area (TPSA) is 81.4 Å². The Hall–Kier alpha value is -2.05. The van der Waals surface area contributed by atoms with Crippen molar-refractivity contribution in [1.29, 1.82) is 0 Å². The highest BCUT2D eigenvalue weighted by Crippen LogP contribution is 2.23. The number of amides is 2. The van der Waals surface area contributed by atoms with Gasteiger partial charge in [-0.1, -0.05) is 18.5 Å². The number of nitrogens with two attached hydrogens (primary N) is 1. The fraction of sp³-hybridized carbons (Fsp3) is 0.250. The van der Waals surface area contributed by atoms with Gasteiger partial charge in [0.15, 0.2) is 6.61 Å². The Bertz CT molecular complexity index is 715. The number of ether oxygens (including phenoxy) is 1. The van der Waals surface area contributed by atoms with Crippen LogP contribution in [-0.4, -0.2) is 18.4 Å². The maximum absolute atomic E-state index is 11.9. The summed E-state index contributed by atoms with van der Waals surface area (Å²) in [5.74, 6) is -0.723. The van der Waals surface area contributed by atoms with E-state index in [1.807, 2.05) is 12.1 Å². The van der Waals surface area contributed by atoms with E-state index in [1.54, 1.807) is 11.3 Å². The number of carbonyl (C=O) groups is 2. The van der Waals surface area contributed by atoms with Gasteiger partial charge in [-0.15, -0.1) is 11.3 Å². The van der Waals surface area contributed by atoms with Crippen molar-refractivity contribution >= 4 is 34.8 Å². The van der Waals surface area contributed by atoms with Crippen molar-refractivity contribution in [1.82, 2.24) is 5.32 Å². The molecule has 1 aromatic heterocycles. The van der Waals surface area contributed by atoms with Crippen LogP contribution in [0.4, 0.5) is 0 Å². The number of nitrogens with one attached hydrogen (secondary N) is 1. The number of benzene rings is 1. The van der Waals surface area contributed by atoms with Crippen molar-refractivity contribution in [2.45, 2.75) is 19.9 Å². The lowest BCUT2D eigenvalue weighted by Gasteiger charge is -2.10. The summed E-state index contributed by atoms with van der Waals surface area (Å²) in [6.45, 7) is 2.32. The second-order valence-corrected chi connectivity index (χ2v) is 6.48. The van der Waals surface area contributed by atoms with Gasteiger partial charge in [-0.3, -0.25) is 9.59 Å². The first-order chi connectivity index (χ1) is 11.0. The molecule has 23 heavy (non-hydrogen) atoms. The van der Waals surface area contributed by atoms with Crippen molar-refractivity contribution in [2.75, 3.05) is 6.61 Å². The van der Waals surface area contributed by atoms with Gasteiger partial charge in [0.05, 0.1) is 12.1 Å². The molecule has 0 saturated heterocycles. The number of rotatable bonds is 7. The smallest absolute Gasteiger partial charge is 0.258 e. The number of carbonyl (C=O) groups excluding carboxylic acids is 2. The van der Waals surface area contributed by atoms with Crippen LogP contribution < -0.4 is 15.8 Å². The van der Waals surface area contributed by atoms with E-state index in [9.17, 15) is 9.59 Å². The predicted octanol–water partition coefficient (Wildman–Crippen LogP) is 2.76. The lowest BCUT2D eigenvalue weighted by molar-refractivity contribution is -0.123. The molecular weight excluding hydrogens is 336 g/mol. The van der Waals surface area contributed by atoms with Crippen molar-refractivity contribution < 1.29 is 14.3 Å². The first kappa shape index (κ1) is 17.3. The van der Waals surface area contributed by atoms with Crippen LogP contribution in [0.25, 0.3) is 0 Å². The van der Waals surface area contributed by atoms with Gasteiger partial charge in [0.25, 0.3) is 11.8 Å². The molecule has 7 heteroatoms. The van der Waals surface area contributed by atoms with Gasteiger partial charge in [0.1, 0.15) is 5.75 Å². The Morgan fingerprint density at radius 1 is 1.26 bits per heavy atom. The molecule has 0 radical (unpaired) electrons. The van der Waals surface area contributed by atoms with E-state index in [4.69, 9.17) is 22.1 Å². The van der Waals surface area contributed by atoms with Crippen LogP contribution in [0, 0.1) is 0 Å². The molecule has 0 atom stereocenters. The molecule has 5 nitrogen and oxygen atoms in total.